The number of amides is 1. The number of hydrogen-bond donors (Lipinski definition) is 0. The molecule has 1 aromatic carbocycles. The molecule has 2 aliphatic rings. The highest BCUT2D eigenvalue weighted by atomic mass is 16.2. The normalized spacial score (nSPS) is 28.1. The van der Waals surface area contributed by atoms with Gasteiger partial charge in [0.05, 0.1) is 0 Å². The van der Waals surface area contributed by atoms with Gasteiger partial charge in [0.25, 0.3) is 0 Å². The van der Waals surface area contributed by atoms with E-state index in [-0.39, 0.29) is 0 Å². The molecule has 1 amide bonds. The number of fused-ring (bicyclic) bond motifs is 1. The number of piperidine rings is 1. The average molecular weight is 201 g/mol. The van der Waals surface area contributed by atoms with E-state index in [9.17, 15) is 4.79 Å². The number of nitrogens with zero attached hydrogens (tertiary/aromatic N) is 1. The van der Waals surface area contributed by atoms with Crippen LogP contribution in [0.25, 0.3) is 0 Å². The summed E-state index contributed by atoms with van der Waals surface area (Å²) in [5.41, 5.74) is 2.52. The van der Waals surface area contributed by atoms with Crippen LogP contribution in [0.5, 0.6) is 0 Å². The van der Waals surface area contributed by atoms with Crippen molar-refractivity contribution in [3.8, 4) is 0 Å². The van der Waals surface area contributed by atoms with Gasteiger partial charge in [-0.3, -0.25) is 4.79 Å². The molecule has 1 aliphatic heterocycles. The van der Waals surface area contributed by atoms with Crippen molar-refractivity contribution in [1.29, 1.82) is 0 Å². The SMILES string of the molecule is Cc1ccc(CN2CC3CC3C2=O)cc1. The van der Waals surface area contributed by atoms with Crippen molar-refractivity contribution in [3.05, 3.63) is 35.4 Å². The Labute approximate surface area is 89.9 Å². The Morgan fingerprint density at radius 1 is 1.33 bits per heavy atom. The van der Waals surface area contributed by atoms with Crippen molar-refractivity contribution in [2.24, 2.45) is 11.8 Å². The average Bonchev–Trinajstić information content (AvgIpc) is 2.93. The van der Waals surface area contributed by atoms with Gasteiger partial charge in [0.15, 0.2) is 0 Å². The second-order valence-electron chi connectivity index (χ2n) is 4.81. The first-order valence-corrected chi connectivity index (χ1v) is 5.58. The predicted molar refractivity (Wildman–Crippen MR) is 58.2 cm³/mol. The van der Waals surface area contributed by atoms with E-state index in [1.807, 2.05) is 4.90 Å². The van der Waals surface area contributed by atoms with Crippen LogP contribution < -0.4 is 0 Å². The number of benzene rings is 1. The molecule has 0 aromatic heterocycles. The molecule has 0 radical (unpaired) electrons. The molecule has 78 valence electrons. The summed E-state index contributed by atoms with van der Waals surface area (Å²) in [5, 5.41) is 0. The van der Waals surface area contributed by atoms with Crippen LogP contribution in [0.15, 0.2) is 24.3 Å². The molecule has 2 heteroatoms. The van der Waals surface area contributed by atoms with Crippen molar-refractivity contribution < 1.29 is 4.79 Å². The maximum atomic E-state index is 11.7. The monoisotopic (exact) mass is 201 g/mol. The fourth-order valence-electron chi connectivity index (χ4n) is 2.42. The first-order valence-electron chi connectivity index (χ1n) is 5.58. The standard InChI is InChI=1S/C13H15NO/c1-9-2-4-10(5-3-9)7-14-8-11-6-12(11)13(14)15/h2-5,11-12H,6-8H2,1H3. The number of likely N-dealkylation sites (tertiary alicyclic amines) is 1. The van der Waals surface area contributed by atoms with E-state index in [0.717, 1.165) is 19.5 Å². The molecule has 2 nitrogen and oxygen atoms in total. The van der Waals surface area contributed by atoms with Crippen LogP contribution in [-0.2, 0) is 11.3 Å². The summed E-state index contributed by atoms with van der Waals surface area (Å²) < 4.78 is 0. The van der Waals surface area contributed by atoms with Crippen molar-refractivity contribution in [2.75, 3.05) is 6.54 Å². The molecule has 2 atom stereocenters. The van der Waals surface area contributed by atoms with Gasteiger partial charge in [-0.15, -0.1) is 0 Å². The minimum Gasteiger partial charge on any atom is -0.338 e. The Morgan fingerprint density at radius 3 is 2.67 bits per heavy atom. The third kappa shape index (κ3) is 1.54. The Kier molecular flexibility index (Phi) is 1.84. The van der Waals surface area contributed by atoms with Crippen LogP contribution in [0.1, 0.15) is 17.5 Å². The fourth-order valence-corrected chi connectivity index (χ4v) is 2.42. The summed E-state index contributed by atoms with van der Waals surface area (Å²) in [6.07, 6.45) is 1.14. The maximum absolute atomic E-state index is 11.7. The molecule has 15 heavy (non-hydrogen) atoms. The molecule has 2 unspecified atom stereocenters. The van der Waals surface area contributed by atoms with Crippen LogP contribution in [0.4, 0.5) is 0 Å². The summed E-state index contributed by atoms with van der Waals surface area (Å²) in [5.74, 6) is 1.44. The lowest BCUT2D eigenvalue weighted by molar-refractivity contribution is -0.130. The number of hydrogen-bond acceptors (Lipinski definition) is 1. The molecule has 0 N–H and O–H groups in total. The first-order chi connectivity index (χ1) is 7.24. The van der Waals surface area contributed by atoms with E-state index in [1.165, 1.54) is 11.1 Å². The van der Waals surface area contributed by atoms with Gasteiger partial charge in [-0.2, -0.15) is 0 Å². The minimum absolute atomic E-state index is 0.376. The zero-order chi connectivity index (χ0) is 10.4. The van der Waals surface area contributed by atoms with Crippen LogP contribution in [0, 0.1) is 18.8 Å². The van der Waals surface area contributed by atoms with Gasteiger partial charge in [-0.05, 0) is 24.8 Å². The summed E-state index contributed by atoms with van der Waals surface area (Å²) in [6, 6.07) is 8.45. The maximum Gasteiger partial charge on any atom is 0.226 e. The van der Waals surface area contributed by atoms with Gasteiger partial charge >= 0.3 is 0 Å². The molecule has 3 rings (SSSR count). The van der Waals surface area contributed by atoms with Crippen LogP contribution >= 0.6 is 0 Å². The summed E-state index contributed by atoms with van der Waals surface area (Å²) in [6.45, 7) is 3.86. The molecular weight excluding hydrogens is 186 g/mol. The number of aryl methyl sites for hydroxylation is 1. The molecule has 1 aromatic rings. The van der Waals surface area contributed by atoms with E-state index < -0.39 is 0 Å². The zero-order valence-electron chi connectivity index (χ0n) is 8.94. The van der Waals surface area contributed by atoms with E-state index in [1.54, 1.807) is 0 Å². The van der Waals surface area contributed by atoms with Crippen molar-refractivity contribution in [3.63, 3.8) is 0 Å². The van der Waals surface area contributed by atoms with Crippen LogP contribution in [0.2, 0.25) is 0 Å². The Balaban J connectivity index is 1.70. The largest absolute Gasteiger partial charge is 0.338 e. The molecule has 0 bridgehead atoms. The number of rotatable bonds is 2. The summed E-state index contributed by atoms with van der Waals surface area (Å²) in [4.78, 5) is 13.7. The lowest BCUT2D eigenvalue weighted by Gasteiger charge is -2.18. The molecule has 1 saturated carbocycles. The minimum atomic E-state index is 0.376. The predicted octanol–water partition coefficient (Wildman–Crippen LogP) is 1.97. The Hall–Kier alpha value is -1.31. The molecule has 1 saturated heterocycles. The van der Waals surface area contributed by atoms with Crippen LogP contribution in [0.3, 0.4) is 0 Å². The number of carbonyl (C=O) groups is 1. The van der Waals surface area contributed by atoms with Gasteiger partial charge < -0.3 is 4.90 Å². The van der Waals surface area contributed by atoms with E-state index in [4.69, 9.17) is 0 Å². The second-order valence-corrected chi connectivity index (χ2v) is 4.81. The van der Waals surface area contributed by atoms with E-state index in [2.05, 4.69) is 31.2 Å². The van der Waals surface area contributed by atoms with Gasteiger partial charge in [0.1, 0.15) is 0 Å². The molecule has 1 heterocycles. The smallest absolute Gasteiger partial charge is 0.226 e. The lowest BCUT2D eigenvalue weighted by Crippen LogP contribution is -2.27. The van der Waals surface area contributed by atoms with Crippen molar-refractivity contribution in [2.45, 2.75) is 19.9 Å². The lowest BCUT2D eigenvalue weighted by atomic mass is 10.1. The third-order valence-corrected chi connectivity index (χ3v) is 3.50. The van der Waals surface area contributed by atoms with Crippen LogP contribution in [-0.4, -0.2) is 17.4 Å². The zero-order valence-corrected chi connectivity index (χ0v) is 8.94. The Bertz CT molecular complexity index is 396. The molecule has 1 aliphatic carbocycles. The first kappa shape index (κ1) is 8.96. The second kappa shape index (κ2) is 3.09. The van der Waals surface area contributed by atoms with Gasteiger partial charge in [-0.25, -0.2) is 0 Å². The quantitative estimate of drug-likeness (QED) is 0.716. The highest BCUT2D eigenvalue weighted by Gasteiger charge is 2.51. The van der Waals surface area contributed by atoms with Gasteiger partial charge in [-0.1, -0.05) is 29.8 Å². The van der Waals surface area contributed by atoms with Crippen molar-refractivity contribution >= 4 is 5.91 Å². The molecule has 2 fully saturated rings. The fraction of sp³-hybridized carbons (Fsp3) is 0.462. The van der Waals surface area contributed by atoms with Gasteiger partial charge in [0.2, 0.25) is 5.91 Å². The molecular formula is C13H15NO. The molecule has 0 spiro atoms. The van der Waals surface area contributed by atoms with E-state index in [0.29, 0.717) is 17.7 Å². The van der Waals surface area contributed by atoms with Gasteiger partial charge in [0, 0.05) is 19.0 Å². The van der Waals surface area contributed by atoms with Crippen molar-refractivity contribution in [1.82, 2.24) is 4.90 Å². The van der Waals surface area contributed by atoms with E-state index >= 15 is 0 Å². The summed E-state index contributed by atoms with van der Waals surface area (Å²) in [7, 11) is 0. The Morgan fingerprint density at radius 2 is 2.07 bits per heavy atom. The summed E-state index contributed by atoms with van der Waals surface area (Å²) >= 11 is 0. The highest BCUT2D eigenvalue weighted by molar-refractivity contribution is 5.84. The third-order valence-electron chi connectivity index (χ3n) is 3.50. The topological polar surface area (TPSA) is 20.3 Å². The highest BCUT2D eigenvalue weighted by Crippen LogP contribution is 2.46. The number of carbonyl (C=O) groups excluding carboxylic acids is 1.